The molecular formula is C32H33NO2. The van der Waals surface area contributed by atoms with E-state index in [1.807, 2.05) is 36.4 Å². The lowest BCUT2D eigenvalue weighted by atomic mass is 9.93. The Kier molecular flexibility index (Phi) is 8.12. The summed E-state index contributed by atoms with van der Waals surface area (Å²) in [5.41, 5.74) is 7.13. The largest absolute Gasteiger partial charge is 0.481 e. The van der Waals surface area contributed by atoms with E-state index in [0.717, 1.165) is 12.0 Å². The lowest BCUT2D eigenvalue weighted by Crippen LogP contribution is -2.32. The molecule has 4 aromatic carbocycles. The molecule has 3 nitrogen and oxygen atoms in total. The van der Waals surface area contributed by atoms with Crippen LogP contribution in [0.5, 0.6) is 0 Å². The van der Waals surface area contributed by atoms with Gasteiger partial charge in [0.15, 0.2) is 0 Å². The van der Waals surface area contributed by atoms with Crippen LogP contribution in [-0.2, 0) is 17.8 Å². The molecule has 0 radical (unpaired) electrons. The Morgan fingerprint density at radius 2 is 1.37 bits per heavy atom. The van der Waals surface area contributed by atoms with Crippen molar-refractivity contribution in [3.8, 4) is 0 Å². The number of hydrogen-bond donors (Lipinski definition) is 1. The molecule has 4 aromatic rings. The van der Waals surface area contributed by atoms with Crippen LogP contribution >= 0.6 is 0 Å². The molecule has 4 rings (SSSR count). The first-order valence-corrected chi connectivity index (χ1v) is 12.2. The monoisotopic (exact) mass is 463 g/mol. The van der Waals surface area contributed by atoms with E-state index in [0.29, 0.717) is 6.54 Å². The molecule has 0 fully saturated rings. The fraction of sp³-hybridized carbons (Fsp3) is 0.219. The molecule has 3 heteroatoms. The molecule has 35 heavy (non-hydrogen) atoms. The van der Waals surface area contributed by atoms with Crippen LogP contribution < -0.4 is 0 Å². The van der Waals surface area contributed by atoms with Gasteiger partial charge in [0.05, 0.1) is 6.42 Å². The second-order valence-electron chi connectivity index (χ2n) is 9.21. The maximum Gasteiger partial charge on any atom is 0.305 e. The van der Waals surface area contributed by atoms with Crippen LogP contribution in [-0.4, -0.2) is 16.0 Å². The minimum atomic E-state index is -0.794. The molecule has 0 saturated carbocycles. The third-order valence-corrected chi connectivity index (χ3v) is 6.75. The Labute approximate surface area is 208 Å². The van der Waals surface area contributed by atoms with Gasteiger partial charge in [-0.15, -0.1) is 0 Å². The smallest absolute Gasteiger partial charge is 0.305 e. The van der Waals surface area contributed by atoms with E-state index in [1.165, 1.54) is 27.8 Å². The predicted molar refractivity (Wildman–Crippen MR) is 142 cm³/mol. The summed E-state index contributed by atoms with van der Waals surface area (Å²) in [5, 5.41) is 9.93. The van der Waals surface area contributed by atoms with E-state index < -0.39 is 5.97 Å². The number of carbonyl (C=O) groups is 1. The van der Waals surface area contributed by atoms with E-state index in [4.69, 9.17) is 0 Å². The van der Waals surface area contributed by atoms with Crippen molar-refractivity contribution >= 4 is 5.97 Å². The van der Waals surface area contributed by atoms with Gasteiger partial charge in [-0.2, -0.15) is 0 Å². The summed E-state index contributed by atoms with van der Waals surface area (Å²) in [5.74, 6) is -0.794. The zero-order valence-corrected chi connectivity index (χ0v) is 20.5. The molecular weight excluding hydrogens is 430 g/mol. The molecule has 2 atom stereocenters. The molecule has 0 bridgehead atoms. The highest BCUT2D eigenvalue weighted by Crippen LogP contribution is 2.35. The molecule has 0 aliphatic carbocycles. The highest BCUT2D eigenvalue weighted by atomic mass is 16.4. The summed E-state index contributed by atoms with van der Waals surface area (Å²) in [6.45, 7) is 4.97. The van der Waals surface area contributed by atoms with Crippen molar-refractivity contribution in [2.24, 2.45) is 0 Å². The number of nitrogens with zero attached hydrogens (tertiary/aromatic N) is 1. The molecule has 0 heterocycles. The zero-order valence-electron chi connectivity index (χ0n) is 20.5. The van der Waals surface area contributed by atoms with Gasteiger partial charge in [-0.05, 0) is 53.6 Å². The number of carboxylic acid groups (broad SMARTS) is 1. The SMILES string of the molecule is Cc1ccccc1Cc1cccc(C(CC(=O)O)N(Cc2ccccc2)[C@H](C)c2ccccc2)c1. The van der Waals surface area contributed by atoms with Crippen molar-refractivity contribution in [2.75, 3.05) is 0 Å². The van der Waals surface area contributed by atoms with Gasteiger partial charge >= 0.3 is 5.97 Å². The number of rotatable bonds is 10. The lowest BCUT2D eigenvalue weighted by molar-refractivity contribution is -0.138. The lowest BCUT2D eigenvalue weighted by Gasteiger charge is -2.37. The maximum atomic E-state index is 12.1. The molecule has 178 valence electrons. The Balaban J connectivity index is 1.72. The topological polar surface area (TPSA) is 40.5 Å². The van der Waals surface area contributed by atoms with E-state index in [1.54, 1.807) is 0 Å². The molecule has 0 saturated heterocycles. The summed E-state index contributed by atoms with van der Waals surface area (Å²) in [6, 6.07) is 37.3. The van der Waals surface area contributed by atoms with Crippen LogP contribution in [0.3, 0.4) is 0 Å². The summed E-state index contributed by atoms with van der Waals surface area (Å²) in [6.07, 6.45) is 0.866. The minimum absolute atomic E-state index is 0.0395. The Hall–Kier alpha value is -3.69. The molecule has 0 aliphatic heterocycles. The van der Waals surface area contributed by atoms with Gasteiger partial charge in [0.25, 0.3) is 0 Å². The number of carboxylic acids is 1. The summed E-state index contributed by atoms with van der Waals surface area (Å²) in [7, 11) is 0. The van der Waals surface area contributed by atoms with Gasteiger partial charge < -0.3 is 5.11 Å². The zero-order chi connectivity index (χ0) is 24.6. The number of aliphatic carboxylic acids is 1. The van der Waals surface area contributed by atoms with Crippen LogP contribution in [0.2, 0.25) is 0 Å². The van der Waals surface area contributed by atoms with E-state index in [2.05, 4.69) is 91.5 Å². The molecule has 0 spiro atoms. The highest BCUT2D eigenvalue weighted by molar-refractivity contribution is 5.68. The minimum Gasteiger partial charge on any atom is -0.481 e. The molecule has 0 aliphatic rings. The fourth-order valence-electron chi connectivity index (χ4n) is 4.76. The van der Waals surface area contributed by atoms with Crippen LogP contribution in [0.15, 0.2) is 109 Å². The van der Waals surface area contributed by atoms with Crippen molar-refractivity contribution in [3.05, 3.63) is 143 Å². The van der Waals surface area contributed by atoms with Crippen LogP contribution in [0.1, 0.15) is 58.8 Å². The van der Waals surface area contributed by atoms with Gasteiger partial charge in [-0.3, -0.25) is 9.69 Å². The van der Waals surface area contributed by atoms with Crippen LogP contribution in [0, 0.1) is 6.92 Å². The van der Waals surface area contributed by atoms with Gasteiger partial charge in [0.1, 0.15) is 0 Å². The quantitative estimate of drug-likeness (QED) is 0.267. The van der Waals surface area contributed by atoms with Gasteiger partial charge in [-0.25, -0.2) is 0 Å². The second kappa shape index (κ2) is 11.6. The summed E-state index contributed by atoms with van der Waals surface area (Å²) in [4.78, 5) is 14.4. The van der Waals surface area contributed by atoms with E-state index in [-0.39, 0.29) is 18.5 Å². The van der Waals surface area contributed by atoms with Crippen molar-refractivity contribution in [2.45, 2.75) is 45.3 Å². The van der Waals surface area contributed by atoms with Gasteiger partial charge in [0.2, 0.25) is 0 Å². The second-order valence-corrected chi connectivity index (χ2v) is 9.21. The normalized spacial score (nSPS) is 12.9. The third kappa shape index (κ3) is 6.46. The maximum absolute atomic E-state index is 12.1. The Bertz CT molecular complexity index is 1240. The average molecular weight is 464 g/mol. The van der Waals surface area contributed by atoms with Crippen molar-refractivity contribution in [3.63, 3.8) is 0 Å². The van der Waals surface area contributed by atoms with Gasteiger partial charge in [0, 0.05) is 18.6 Å². The van der Waals surface area contributed by atoms with Crippen LogP contribution in [0.25, 0.3) is 0 Å². The summed E-state index contributed by atoms with van der Waals surface area (Å²) >= 11 is 0. The average Bonchev–Trinajstić information content (AvgIpc) is 2.88. The molecule has 0 aromatic heterocycles. The first-order valence-electron chi connectivity index (χ1n) is 12.2. The first-order chi connectivity index (χ1) is 17.0. The number of aryl methyl sites for hydroxylation is 1. The Morgan fingerprint density at radius 3 is 2.06 bits per heavy atom. The standard InChI is InChI=1S/C32H33NO2/c1-24-12-9-10-18-29(24)20-27-15-11-19-30(21-27)31(22-32(34)35)33(23-26-13-5-3-6-14-26)25(2)28-16-7-4-8-17-28/h3-19,21,25,31H,20,22-23H2,1-2H3,(H,34,35)/t25-,31?/m1/s1. The Morgan fingerprint density at radius 1 is 0.771 bits per heavy atom. The van der Waals surface area contributed by atoms with Crippen molar-refractivity contribution < 1.29 is 9.90 Å². The van der Waals surface area contributed by atoms with Crippen LogP contribution in [0.4, 0.5) is 0 Å². The summed E-state index contributed by atoms with van der Waals surface area (Å²) < 4.78 is 0. The third-order valence-electron chi connectivity index (χ3n) is 6.75. The van der Waals surface area contributed by atoms with Crippen molar-refractivity contribution in [1.82, 2.24) is 4.90 Å². The molecule has 0 amide bonds. The molecule has 1 unspecified atom stereocenters. The predicted octanol–water partition coefficient (Wildman–Crippen LogP) is 7.37. The number of hydrogen-bond acceptors (Lipinski definition) is 2. The first kappa shape index (κ1) is 24.4. The van der Waals surface area contributed by atoms with Crippen molar-refractivity contribution in [1.29, 1.82) is 0 Å². The number of benzene rings is 4. The van der Waals surface area contributed by atoms with E-state index >= 15 is 0 Å². The fourth-order valence-corrected chi connectivity index (χ4v) is 4.76. The highest BCUT2D eigenvalue weighted by Gasteiger charge is 2.28. The van der Waals surface area contributed by atoms with E-state index in [9.17, 15) is 9.90 Å². The molecule has 1 N–H and O–H groups in total. The van der Waals surface area contributed by atoms with Gasteiger partial charge in [-0.1, -0.05) is 109 Å².